The van der Waals surface area contributed by atoms with Crippen LogP contribution in [0, 0.1) is 5.92 Å². The molecular formula is C19H27N3O3. The molecule has 0 radical (unpaired) electrons. The normalized spacial score (nSPS) is 19.1. The number of piperidine rings is 1. The second kappa shape index (κ2) is 8.94. The lowest BCUT2D eigenvalue weighted by Gasteiger charge is -2.31. The second-order valence-corrected chi connectivity index (χ2v) is 6.95. The standard InChI is InChI=1S/C19H27N3O3/c23-18(14-25-17-5-1-2-6-17)22-10-7-16(8-11-22)19(24)21-13-15-4-3-9-20-12-15/h3-4,9,12,16-17H,1-2,5-8,10-11,13-14H2,(H,21,24). The molecular weight excluding hydrogens is 318 g/mol. The first-order valence-electron chi connectivity index (χ1n) is 9.28. The number of nitrogens with zero attached hydrogens (tertiary/aromatic N) is 2. The molecule has 2 aliphatic rings. The number of amides is 2. The van der Waals surface area contributed by atoms with Gasteiger partial charge in [0.1, 0.15) is 6.61 Å². The highest BCUT2D eigenvalue weighted by molar-refractivity contribution is 5.80. The summed E-state index contributed by atoms with van der Waals surface area (Å²) < 4.78 is 5.70. The molecule has 0 unspecified atom stereocenters. The summed E-state index contributed by atoms with van der Waals surface area (Å²) >= 11 is 0. The van der Waals surface area contributed by atoms with Crippen molar-refractivity contribution in [2.75, 3.05) is 19.7 Å². The van der Waals surface area contributed by atoms with Crippen molar-refractivity contribution in [1.29, 1.82) is 0 Å². The van der Waals surface area contributed by atoms with Crippen molar-refractivity contribution in [3.63, 3.8) is 0 Å². The molecule has 6 nitrogen and oxygen atoms in total. The van der Waals surface area contributed by atoms with E-state index in [1.54, 1.807) is 12.4 Å². The zero-order valence-corrected chi connectivity index (χ0v) is 14.7. The summed E-state index contributed by atoms with van der Waals surface area (Å²) in [4.78, 5) is 30.4. The molecule has 1 aromatic rings. The van der Waals surface area contributed by atoms with Gasteiger partial charge in [0.25, 0.3) is 0 Å². The first-order chi connectivity index (χ1) is 12.2. The van der Waals surface area contributed by atoms with E-state index in [9.17, 15) is 9.59 Å². The molecule has 1 aliphatic heterocycles. The average Bonchev–Trinajstić information content (AvgIpc) is 3.19. The Hall–Kier alpha value is -1.95. The number of pyridine rings is 1. The lowest BCUT2D eigenvalue weighted by molar-refractivity contribution is -0.141. The van der Waals surface area contributed by atoms with Crippen LogP contribution < -0.4 is 5.32 Å². The molecule has 25 heavy (non-hydrogen) atoms. The summed E-state index contributed by atoms with van der Waals surface area (Å²) in [5, 5.41) is 2.97. The molecule has 1 aromatic heterocycles. The first kappa shape index (κ1) is 17.9. The van der Waals surface area contributed by atoms with E-state index in [0.717, 1.165) is 18.4 Å². The second-order valence-electron chi connectivity index (χ2n) is 6.95. The van der Waals surface area contributed by atoms with Gasteiger partial charge in [-0.05, 0) is 37.3 Å². The maximum Gasteiger partial charge on any atom is 0.248 e. The van der Waals surface area contributed by atoms with E-state index in [4.69, 9.17) is 4.74 Å². The fourth-order valence-corrected chi connectivity index (χ4v) is 3.56. The largest absolute Gasteiger partial charge is 0.368 e. The Balaban J connectivity index is 1.35. The van der Waals surface area contributed by atoms with Crippen LogP contribution in [0.3, 0.4) is 0 Å². The average molecular weight is 345 g/mol. The van der Waals surface area contributed by atoms with Crippen molar-refractivity contribution < 1.29 is 14.3 Å². The number of rotatable bonds is 6. The van der Waals surface area contributed by atoms with Gasteiger partial charge in [-0.1, -0.05) is 18.9 Å². The highest BCUT2D eigenvalue weighted by atomic mass is 16.5. The van der Waals surface area contributed by atoms with E-state index in [-0.39, 0.29) is 30.4 Å². The van der Waals surface area contributed by atoms with Crippen LogP contribution in [0.2, 0.25) is 0 Å². The van der Waals surface area contributed by atoms with Crippen LogP contribution in [-0.2, 0) is 20.9 Å². The van der Waals surface area contributed by atoms with Gasteiger partial charge in [-0.2, -0.15) is 0 Å². The van der Waals surface area contributed by atoms with E-state index in [2.05, 4.69) is 10.3 Å². The van der Waals surface area contributed by atoms with Gasteiger partial charge >= 0.3 is 0 Å². The molecule has 1 aliphatic carbocycles. The number of ether oxygens (including phenoxy) is 1. The summed E-state index contributed by atoms with van der Waals surface area (Å²) in [6, 6.07) is 3.80. The fraction of sp³-hybridized carbons (Fsp3) is 0.632. The molecule has 1 saturated carbocycles. The number of aromatic nitrogens is 1. The predicted octanol–water partition coefficient (Wildman–Crippen LogP) is 1.90. The van der Waals surface area contributed by atoms with Gasteiger partial charge in [-0.25, -0.2) is 0 Å². The monoisotopic (exact) mass is 345 g/mol. The lowest BCUT2D eigenvalue weighted by atomic mass is 9.96. The highest BCUT2D eigenvalue weighted by Gasteiger charge is 2.27. The number of hydrogen-bond donors (Lipinski definition) is 1. The molecule has 0 spiro atoms. The SMILES string of the molecule is O=C(NCc1cccnc1)C1CCN(C(=O)COC2CCCC2)CC1. The van der Waals surface area contributed by atoms with Crippen molar-refractivity contribution in [3.8, 4) is 0 Å². The van der Waals surface area contributed by atoms with Gasteiger partial charge in [0.15, 0.2) is 0 Å². The molecule has 0 bridgehead atoms. The van der Waals surface area contributed by atoms with Crippen molar-refractivity contribution in [1.82, 2.24) is 15.2 Å². The minimum Gasteiger partial charge on any atom is -0.368 e. The van der Waals surface area contributed by atoms with Crippen LogP contribution in [-0.4, -0.2) is 47.5 Å². The van der Waals surface area contributed by atoms with E-state index < -0.39 is 0 Å². The number of carbonyl (C=O) groups excluding carboxylic acids is 2. The van der Waals surface area contributed by atoms with Gasteiger partial charge in [0.05, 0.1) is 6.10 Å². The number of likely N-dealkylation sites (tertiary alicyclic amines) is 1. The zero-order chi connectivity index (χ0) is 17.5. The minimum absolute atomic E-state index is 0.0172. The smallest absolute Gasteiger partial charge is 0.248 e. The summed E-state index contributed by atoms with van der Waals surface area (Å²) in [5.41, 5.74) is 0.993. The maximum atomic E-state index is 12.3. The zero-order valence-electron chi connectivity index (χ0n) is 14.7. The number of hydrogen-bond acceptors (Lipinski definition) is 4. The van der Waals surface area contributed by atoms with Gasteiger partial charge in [-0.15, -0.1) is 0 Å². The molecule has 0 aromatic carbocycles. The third-order valence-electron chi connectivity index (χ3n) is 5.15. The first-order valence-corrected chi connectivity index (χ1v) is 9.28. The van der Waals surface area contributed by atoms with Crippen LogP contribution in [0.4, 0.5) is 0 Å². The Morgan fingerprint density at radius 3 is 2.64 bits per heavy atom. The van der Waals surface area contributed by atoms with E-state index in [1.165, 1.54) is 12.8 Å². The summed E-state index contributed by atoms with van der Waals surface area (Å²) in [5.74, 6) is 0.107. The Labute approximate surface area is 148 Å². The Morgan fingerprint density at radius 1 is 1.20 bits per heavy atom. The van der Waals surface area contributed by atoms with Crippen LogP contribution in [0.15, 0.2) is 24.5 Å². The molecule has 2 heterocycles. The molecule has 3 rings (SSSR count). The number of nitrogens with one attached hydrogen (secondary N) is 1. The van der Waals surface area contributed by atoms with E-state index >= 15 is 0 Å². The van der Waals surface area contributed by atoms with Crippen molar-refractivity contribution in [2.45, 2.75) is 51.2 Å². The summed E-state index contributed by atoms with van der Waals surface area (Å²) in [7, 11) is 0. The molecule has 1 saturated heterocycles. The fourth-order valence-electron chi connectivity index (χ4n) is 3.56. The van der Waals surface area contributed by atoms with Gasteiger partial charge < -0.3 is 15.0 Å². The molecule has 136 valence electrons. The van der Waals surface area contributed by atoms with Gasteiger partial charge in [0.2, 0.25) is 11.8 Å². The van der Waals surface area contributed by atoms with Crippen molar-refractivity contribution in [2.24, 2.45) is 5.92 Å². The third-order valence-corrected chi connectivity index (χ3v) is 5.15. The Kier molecular flexibility index (Phi) is 6.39. The topological polar surface area (TPSA) is 71.5 Å². The van der Waals surface area contributed by atoms with Crippen molar-refractivity contribution >= 4 is 11.8 Å². The van der Waals surface area contributed by atoms with Gasteiger partial charge in [0, 0.05) is 37.9 Å². The van der Waals surface area contributed by atoms with Gasteiger partial charge in [-0.3, -0.25) is 14.6 Å². The molecule has 6 heteroatoms. The lowest BCUT2D eigenvalue weighted by Crippen LogP contribution is -2.44. The summed E-state index contributed by atoms with van der Waals surface area (Å²) in [6.07, 6.45) is 9.73. The third kappa shape index (κ3) is 5.26. The Morgan fingerprint density at radius 2 is 1.96 bits per heavy atom. The molecule has 0 atom stereocenters. The molecule has 2 amide bonds. The highest BCUT2D eigenvalue weighted by Crippen LogP contribution is 2.22. The van der Waals surface area contributed by atoms with E-state index in [1.807, 2.05) is 17.0 Å². The van der Waals surface area contributed by atoms with Crippen molar-refractivity contribution in [3.05, 3.63) is 30.1 Å². The van der Waals surface area contributed by atoms with Crippen LogP contribution >= 0.6 is 0 Å². The summed E-state index contributed by atoms with van der Waals surface area (Å²) in [6.45, 7) is 1.96. The van der Waals surface area contributed by atoms with Crippen LogP contribution in [0.5, 0.6) is 0 Å². The molecule has 2 fully saturated rings. The quantitative estimate of drug-likeness (QED) is 0.855. The number of carbonyl (C=O) groups is 2. The van der Waals surface area contributed by atoms with Crippen LogP contribution in [0.25, 0.3) is 0 Å². The van der Waals surface area contributed by atoms with E-state index in [0.29, 0.717) is 32.5 Å². The van der Waals surface area contributed by atoms with Crippen LogP contribution in [0.1, 0.15) is 44.1 Å². The maximum absolute atomic E-state index is 12.3. The molecule has 1 N–H and O–H groups in total. The predicted molar refractivity (Wildman–Crippen MR) is 93.6 cm³/mol. The minimum atomic E-state index is -0.0172. The Bertz CT molecular complexity index is 565.